The Bertz CT molecular complexity index is 4250. The van der Waals surface area contributed by atoms with Gasteiger partial charge in [0, 0.05) is 38.2 Å². The smallest absolute Gasteiger partial charge is 0.220 e. The van der Waals surface area contributed by atoms with Crippen LogP contribution in [0.25, 0.3) is 133 Å². The second-order valence-corrected chi connectivity index (χ2v) is 17.5. The molecular weight excluding hydrogens is 829 g/mol. The Labute approximate surface area is 390 Å². The topological polar surface area (TPSA) is 60.4 Å². The molecule has 4 heterocycles. The minimum absolute atomic E-state index is 0.620. The molecule has 6 nitrogen and oxygen atoms in total. The summed E-state index contributed by atoms with van der Waals surface area (Å²) in [5, 5.41) is 7.23. The molecule has 0 bridgehead atoms. The molecule has 14 aromatic rings. The third-order valence-electron chi connectivity index (χ3n) is 13.5. The standard InChI is InChI=1S/C62H38N6/c1-3-15-42(16-4-1)59-64-60(43-17-5-2-6-18-43)66-61(65-59)48-21-13-20-45(35-48)47-32-33-57-54(38-47)63-62-67(57)55-24-11-9-22-50(55)52-36-49(37-53-51-23-10-12-25-56(51)68(62)58(52)53)41-28-26-40(27-29-41)46-31-30-39-14-7-8-19-44(39)34-46/h1-38H. The number of hydrogen-bond acceptors (Lipinski definition) is 4. The van der Waals surface area contributed by atoms with E-state index in [-0.39, 0.29) is 0 Å². The van der Waals surface area contributed by atoms with E-state index < -0.39 is 0 Å². The molecule has 0 unspecified atom stereocenters. The van der Waals surface area contributed by atoms with E-state index in [1.165, 1.54) is 49.2 Å². The van der Waals surface area contributed by atoms with Gasteiger partial charge >= 0.3 is 0 Å². The van der Waals surface area contributed by atoms with Gasteiger partial charge in [0.25, 0.3) is 0 Å². The molecular formula is C62H38N6. The number of aromatic nitrogens is 6. The van der Waals surface area contributed by atoms with Crippen LogP contribution in [0, 0.1) is 0 Å². The average molecular weight is 867 g/mol. The zero-order valence-electron chi connectivity index (χ0n) is 36.6. The highest BCUT2D eigenvalue weighted by Crippen LogP contribution is 2.41. The van der Waals surface area contributed by atoms with Crippen molar-refractivity contribution in [3.05, 3.63) is 231 Å². The van der Waals surface area contributed by atoms with E-state index in [0.717, 1.165) is 66.6 Å². The van der Waals surface area contributed by atoms with Crippen molar-refractivity contribution in [2.45, 2.75) is 0 Å². The van der Waals surface area contributed by atoms with Crippen LogP contribution in [0.1, 0.15) is 0 Å². The number of para-hydroxylation sites is 2. The Balaban J connectivity index is 0.925. The van der Waals surface area contributed by atoms with Crippen LogP contribution < -0.4 is 0 Å². The van der Waals surface area contributed by atoms with Gasteiger partial charge in [0.1, 0.15) is 0 Å². The van der Waals surface area contributed by atoms with Crippen molar-refractivity contribution in [3.63, 3.8) is 0 Å². The number of nitrogens with zero attached hydrogens (tertiary/aromatic N) is 6. The molecule has 0 aliphatic carbocycles. The summed E-state index contributed by atoms with van der Waals surface area (Å²) in [7, 11) is 0. The van der Waals surface area contributed by atoms with Crippen LogP contribution in [-0.4, -0.2) is 28.7 Å². The minimum atomic E-state index is 0.620. The van der Waals surface area contributed by atoms with Crippen molar-refractivity contribution >= 4 is 65.7 Å². The molecule has 0 spiro atoms. The maximum atomic E-state index is 5.55. The van der Waals surface area contributed by atoms with Crippen LogP contribution in [0.5, 0.6) is 0 Å². The Morgan fingerprint density at radius 1 is 0.250 bits per heavy atom. The highest BCUT2D eigenvalue weighted by atomic mass is 15.1. The molecule has 0 N–H and O–H groups in total. The van der Waals surface area contributed by atoms with E-state index >= 15 is 0 Å². The summed E-state index contributed by atoms with van der Waals surface area (Å²) in [5.41, 5.74) is 15.0. The molecule has 10 aromatic carbocycles. The van der Waals surface area contributed by atoms with E-state index in [9.17, 15) is 0 Å². The fourth-order valence-corrected chi connectivity index (χ4v) is 10.2. The van der Waals surface area contributed by atoms with E-state index in [1.807, 2.05) is 60.7 Å². The molecule has 0 aliphatic heterocycles. The summed E-state index contributed by atoms with van der Waals surface area (Å²) in [6, 6.07) is 81.8. The van der Waals surface area contributed by atoms with Crippen LogP contribution in [0.3, 0.4) is 0 Å². The molecule has 0 atom stereocenters. The number of imidazole rings is 1. The van der Waals surface area contributed by atoms with E-state index in [4.69, 9.17) is 19.9 Å². The van der Waals surface area contributed by atoms with Gasteiger partial charge in [-0.05, 0) is 92.7 Å². The fraction of sp³-hybridized carbons (Fsp3) is 0. The zero-order chi connectivity index (χ0) is 44.7. The lowest BCUT2D eigenvalue weighted by atomic mass is 9.96. The van der Waals surface area contributed by atoms with Crippen molar-refractivity contribution in [2.75, 3.05) is 0 Å². The van der Waals surface area contributed by atoms with Gasteiger partial charge in [-0.25, -0.2) is 19.9 Å². The highest BCUT2D eigenvalue weighted by Gasteiger charge is 2.21. The molecule has 0 saturated heterocycles. The molecule has 0 aliphatic rings. The first-order chi connectivity index (χ1) is 33.7. The van der Waals surface area contributed by atoms with Crippen LogP contribution in [0.15, 0.2) is 231 Å². The summed E-state index contributed by atoms with van der Waals surface area (Å²) in [6.45, 7) is 0. The Hall–Kier alpha value is -9.26. The van der Waals surface area contributed by atoms with Crippen LogP contribution in [0.4, 0.5) is 0 Å². The first kappa shape index (κ1) is 38.1. The number of hydrogen-bond donors (Lipinski definition) is 0. The van der Waals surface area contributed by atoms with Gasteiger partial charge < -0.3 is 0 Å². The lowest BCUT2D eigenvalue weighted by molar-refractivity contribution is 1.07. The van der Waals surface area contributed by atoms with Gasteiger partial charge in [-0.2, -0.15) is 0 Å². The highest BCUT2D eigenvalue weighted by molar-refractivity contribution is 6.21. The molecule has 6 heteroatoms. The Kier molecular flexibility index (Phi) is 8.48. The average Bonchev–Trinajstić information content (AvgIpc) is 3.92. The Morgan fingerprint density at radius 3 is 1.41 bits per heavy atom. The van der Waals surface area contributed by atoms with Crippen LogP contribution in [0.2, 0.25) is 0 Å². The molecule has 14 rings (SSSR count). The third-order valence-corrected chi connectivity index (χ3v) is 13.5. The maximum Gasteiger partial charge on any atom is 0.220 e. The SMILES string of the molecule is c1ccc(-c2nc(-c3ccccc3)nc(-c3cccc(-c4ccc5c(c4)nc4n5c5ccccc5c5cc(-c6ccc(-c7ccc8ccccc8c7)cc6)cc6c7ccccc7n4c56)c3)n2)cc1. The van der Waals surface area contributed by atoms with Crippen molar-refractivity contribution in [1.82, 2.24) is 28.7 Å². The lowest BCUT2D eigenvalue weighted by Gasteiger charge is -2.10. The first-order valence-electron chi connectivity index (χ1n) is 23.0. The largest absolute Gasteiger partial charge is 0.278 e. The summed E-state index contributed by atoms with van der Waals surface area (Å²) < 4.78 is 4.72. The molecule has 4 aromatic heterocycles. The van der Waals surface area contributed by atoms with Crippen molar-refractivity contribution in [2.24, 2.45) is 0 Å². The van der Waals surface area contributed by atoms with Crippen molar-refractivity contribution in [3.8, 4) is 67.5 Å². The monoisotopic (exact) mass is 866 g/mol. The molecule has 316 valence electrons. The molecule has 0 fully saturated rings. The minimum Gasteiger partial charge on any atom is -0.278 e. The van der Waals surface area contributed by atoms with Gasteiger partial charge in [-0.1, -0.05) is 182 Å². The summed E-state index contributed by atoms with van der Waals surface area (Å²) in [6.07, 6.45) is 0. The van der Waals surface area contributed by atoms with Crippen LogP contribution in [-0.2, 0) is 0 Å². The third kappa shape index (κ3) is 6.12. The zero-order valence-corrected chi connectivity index (χ0v) is 36.6. The first-order valence-corrected chi connectivity index (χ1v) is 23.0. The fourth-order valence-electron chi connectivity index (χ4n) is 10.2. The summed E-state index contributed by atoms with van der Waals surface area (Å²) >= 11 is 0. The molecule has 68 heavy (non-hydrogen) atoms. The van der Waals surface area contributed by atoms with Gasteiger partial charge in [0.05, 0.1) is 27.6 Å². The maximum absolute atomic E-state index is 5.55. The number of benzene rings is 10. The normalized spacial score (nSPS) is 11.8. The number of rotatable bonds is 6. The summed E-state index contributed by atoms with van der Waals surface area (Å²) in [4.78, 5) is 20.5. The Morgan fingerprint density at radius 2 is 0.735 bits per heavy atom. The lowest BCUT2D eigenvalue weighted by Crippen LogP contribution is -2.00. The molecule has 0 saturated carbocycles. The van der Waals surface area contributed by atoms with Crippen LogP contribution >= 0.6 is 0 Å². The summed E-state index contributed by atoms with van der Waals surface area (Å²) in [5.74, 6) is 2.76. The number of fused-ring (bicyclic) bond motifs is 11. The van der Waals surface area contributed by atoms with Gasteiger partial charge in [-0.3, -0.25) is 8.80 Å². The molecule has 0 radical (unpaired) electrons. The van der Waals surface area contributed by atoms with Gasteiger partial charge in [-0.15, -0.1) is 0 Å². The second-order valence-electron chi connectivity index (χ2n) is 17.5. The molecule has 0 amide bonds. The second kappa shape index (κ2) is 15.2. The van der Waals surface area contributed by atoms with Crippen molar-refractivity contribution in [1.29, 1.82) is 0 Å². The van der Waals surface area contributed by atoms with Gasteiger partial charge in [0.15, 0.2) is 17.5 Å². The predicted molar refractivity (Wildman–Crippen MR) is 280 cm³/mol. The van der Waals surface area contributed by atoms with E-state index in [0.29, 0.717) is 17.5 Å². The van der Waals surface area contributed by atoms with Gasteiger partial charge in [0.2, 0.25) is 5.78 Å². The van der Waals surface area contributed by atoms with E-state index in [2.05, 4.69) is 179 Å². The van der Waals surface area contributed by atoms with Crippen molar-refractivity contribution < 1.29 is 0 Å². The van der Waals surface area contributed by atoms with E-state index in [1.54, 1.807) is 0 Å². The quantitative estimate of drug-likeness (QED) is 0.167. The predicted octanol–water partition coefficient (Wildman–Crippen LogP) is 15.5.